The maximum Gasteiger partial charge on any atom is 1.00 e. The first-order valence-corrected chi connectivity index (χ1v) is 13.8. The standard InChI is InChI=1S/C31H35F3N4O4.Li.H/c1-30(2,3)42-29(41)38-16-6-9-23(19-38)21-10-13-24(14-11-21)36-28-35-18-25(31(32,33)34)26(37-28)15-12-20-7-4-5-8-22(20)17-27(39)40;;/h4-5,7-8,10-11,13-14,18,23H,6,9,12,15-17,19H2,1-3H3,(H,39,40)(H,35,36,37);;/q;+1;-1. The fraction of sp³-hybridized carbons (Fsp3) is 0.419. The summed E-state index contributed by atoms with van der Waals surface area (Å²) in [6.07, 6.45) is -2.48. The number of aryl methyl sites for hydroxylation is 2. The number of ether oxygens (including phenoxy) is 1. The number of carboxylic acids is 1. The van der Waals surface area contributed by atoms with Crippen LogP contribution in [0.15, 0.2) is 54.7 Å². The van der Waals surface area contributed by atoms with Crippen molar-refractivity contribution in [1.82, 2.24) is 14.9 Å². The van der Waals surface area contributed by atoms with Crippen LogP contribution >= 0.6 is 0 Å². The molecule has 1 aliphatic rings. The van der Waals surface area contributed by atoms with E-state index in [1.54, 1.807) is 29.2 Å². The molecule has 43 heavy (non-hydrogen) atoms. The number of aliphatic carboxylic acids is 1. The smallest absolute Gasteiger partial charge is 1.00 e. The van der Waals surface area contributed by atoms with E-state index in [9.17, 15) is 22.8 Å². The summed E-state index contributed by atoms with van der Waals surface area (Å²) in [4.78, 5) is 33.6. The maximum atomic E-state index is 13.8. The van der Waals surface area contributed by atoms with Gasteiger partial charge in [0.1, 0.15) is 5.60 Å². The Morgan fingerprint density at radius 3 is 2.37 bits per heavy atom. The molecule has 3 aromatic rings. The summed E-state index contributed by atoms with van der Waals surface area (Å²) < 4.78 is 46.8. The van der Waals surface area contributed by atoms with Gasteiger partial charge in [0.2, 0.25) is 5.95 Å². The molecule has 0 bridgehead atoms. The fourth-order valence-corrected chi connectivity index (χ4v) is 5.00. The van der Waals surface area contributed by atoms with E-state index < -0.39 is 23.3 Å². The molecule has 0 aliphatic carbocycles. The number of anilines is 2. The summed E-state index contributed by atoms with van der Waals surface area (Å²) in [6, 6.07) is 14.3. The van der Waals surface area contributed by atoms with Crippen LogP contribution < -0.4 is 24.2 Å². The van der Waals surface area contributed by atoms with Gasteiger partial charge in [-0.25, -0.2) is 14.8 Å². The Labute approximate surface area is 262 Å². The van der Waals surface area contributed by atoms with Crippen LogP contribution in [0.2, 0.25) is 0 Å². The van der Waals surface area contributed by atoms with E-state index >= 15 is 0 Å². The van der Waals surface area contributed by atoms with E-state index in [0.29, 0.717) is 29.9 Å². The first kappa shape index (κ1) is 33.9. The number of halogens is 3. The summed E-state index contributed by atoms with van der Waals surface area (Å²) in [5.74, 6) is -0.849. The van der Waals surface area contributed by atoms with E-state index in [2.05, 4.69) is 15.3 Å². The van der Waals surface area contributed by atoms with Crippen molar-refractivity contribution in [3.63, 3.8) is 0 Å². The minimum atomic E-state index is -4.64. The van der Waals surface area contributed by atoms with Crippen molar-refractivity contribution in [2.45, 2.75) is 70.6 Å². The average molecular weight is 593 g/mol. The fourth-order valence-electron chi connectivity index (χ4n) is 5.00. The Balaban J connectivity index is 0.00000337. The van der Waals surface area contributed by atoms with Crippen LogP contribution in [0.5, 0.6) is 0 Å². The normalized spacial score (nSPS) is 15.4. The number of rotatable bonds is 8. The van der Waals surface area contributed by atoms with E-state index in [1.165, 1.54) is 0 Å². The molecule has 1 aromatic heterocycles. The topological polar surface area (TPSA) is 105 Å². The Kier molecular flexibility index (Phi) is 11.3. The molecule has 226 valence electrons. The molecule has 1 saturated heterocycles. The van der Waals surface area contributed by atoms with Crippen LogP contribution in [0, 0.1) is 0 Å². The molecule has 0 spiro atoms. The van der Waals surface area contributed by atoms with Gasteiger partial charge in [0, 0.05) is 30.9 Å². The number of aromatic nitrogens is 2. The molecular formula is C31H36F3LiN4O4. The van der Waals surface area contributed by atoms with Crippen LogP contribution in [0.25, 0.3) is 0 Å². The van der Waals surface area contributed by atoms with Gasteiger partial charge in [0.15, 0.2) is 0 Å². The molecule has 1 fully saturated rings. The molecular weight excluding hydrogens is 556 g/mol. The number of hydrogen-bond acceptors (Lipinski definition) is 6. The number of piperidine rings is 1. The van der Waals surface area contributed by atoms with Crippen LogP contribution in [0.4, 0.5) is 29.6 Å². The van der Waals surface area contributed by atoms with Crippen LogP contribution in [-0.4, -0.2) is 50.7 Å². The van der Waals surface area contributed by atoms with Crippen molar-refractivity contribution in [3.8, 4) is 0 Å². The monoisotopic (exact) mass is 592 g/mol. The summed E-state index contributed by atoms with van der Waals surface area (Å²) in [7, 11) is 0. The van der Waals surface area contributed by atoms with Crippen LogP contribution in [0.1, 0.15) is 68.9 Å². The summed E-state index contributed by atoms with van der Waals surface area (Å²) in [5.41, 5.74) is 1.20. The third-order valence-electron chi connectivity index (χ3n) is 6.98. The van der Waals surface area contributed by atoms with E-state index in [4.69, 9.17) is 9.84 Å². The van der Waals surface area contributed by atoms with E-state index in [1.807, 2.05) is 45.0 Å². The van der Waals surface area contributed by atoms with Gasteiger partial charge in [-0.2, -0.15) is 13.2 Å². The molecule has 4 rings (SSSR count). The molecule has 1 unspecified atom stereocenters. The van der Waals surface area contributed by atoms with Crippen LogP contribution in [-0.2, 0) is 35.0 Å². The molecule has 1 aliphatic heterocycles. The van der Waals surface area contributed by atoms with Crippen molar-refractivity contribution in [3.05, 3.63) is 82.7 Å². The molecule has 0 radical (unpaired) electrons. The van der Waals surface area contributed by atoms with E-state index in [-0.39, 0.29) is 63.2 Å². The van der Waals surface area contributed by atoms with E-state index in [0.717, 1.165) is 24.6 Å². The SMILES string of the molecule is CC(C)(C)OC(=O)N1CCCC(c2ccc(Nc3ncc(C(F)(F)F)c(CCc4ccccc4CC(=O)O)n3)cc2)C1.[H-].[Li+]. The molecule has 8 nitrogen and oxygen atoms in total. The number of nitrogens with one attached hydrogen (secondary N) is 1. The first-order valence-electron chi connectivity index (χ1n) is 13.8. The van der Waals surface area contributed by atoms with Gasteiger partial charge >= 0.3 is 37.1 Å². The number of carbonyl (C=O) groups is 2. The molecule has 2 aromatic carbocycles. The summed E-state index contributed by atoms with van der Waals surface area (Å²) in [5, 5.41) is 12.2. The Morgan fingerprint density at radius 1 is 1.07 bits per heavy atom. The largest absolute Gasteiger partial charge is 1.00 e. The number of carboxylic acid groups (broad SMARTS) is 1. The van der Waals surface area contributed by atoms with Crippen molar-refractivity contribution >= 4 is 23.7 Å². The zero-order chi connectivity index (χ0) is 30.5. The minimum Gasteiger partial charge on any atom is -1.00 e. The Morgan fingerprint density at radius 2 is 1.74 bits per heavy atom. The van der Waals surface area contributed by atoms with Crippen molar-refractivity contribution in [2.75, 3.05) is 18.4 Å². The molecule has 2 heterocycles. The number of likely N-dealkylation sites (tertiary alicyclic amines) is 1. The minimum absolute atomic E-state index is 0. The van der Waals surface area contributed by atoms with Crippen molar-refractivity contribution in [2.24, 2.45) is 0 Å². The van der Waals surface area contributed by atoms with Gasteiger partial charge in [0.05, 0.1) is 17.7 Å². The van der Waals surface area contributed by atoms with Gasteiger partial charge < -0.3 is 21.5 Å². The van der Waals surface area contributed by atoms with Gasteiger partial charge in [0.25, 0.3) is 0 Å². The van der Waals surface area contributed by atoms with Crippen molar-refractivity contribution in [1.29, 1.82) is 0 Å². The predicted octanol–water partition coefficient (Wildman–Crippen LogP) is 3.88. The molecule has 2 N–H and O–H groups in total. The van der Waals surface area contributed by atoms with Crippen LogP contribution in [0.3, 0.4) is 0 Å². The zero-order valence-electron chi connectivity index (χ0n) is 25.9. The number of benzene rings is 2. The zero-order valence-corrected chi connectivity index (χ0v) is 24.9. The number of nitrogens with zero attached hydrogens (tertiary/aromatic N) is 3. The number of hydrogen-bond donors (Lipinski definition) is 2. The van der Waals surface area contributed by atoms with Gasteiger partial charge in [-0.05, 0) is 75.3 Å². The second kappa shape index (κ2) is 14.3. The maximum absolute atomic E-state index is 13.8. The Hall–Kier alpha value is -3.55. The molecule has 1 amide bonds. The Bertz CT molecular complexity index is 1420. The summed E-state index contributed by atoms with van der Waals surface area (Å²) in [6.45, 7) is 6.70. The van der Waals surface area contributed by atoms with Gasteiger partial charge in [-0.1, -0.05) is 36.4 Å². The third-order valence-corrected chi connectivity index (χ3v) is 6.98. The average Bonchev–Trinajstić information content (AvgIpc) is 2.91. The first-order chi connectivity index (χ1) is 19.8. The molecule has 0 saturated carbocycles. The van der Waals surface area contributed by atoms with Crippen molar-refractivity contribution < 1.29 is 52.9 Å². The second-order valence-electron chi connectivity index (χ2n) is 11.4. The predicted molar refractivity (Wildman–Crippen MR) is 153 cm³/mol. The quantitative estimate of drug-likeness (QED) is 0.383. The molecule has 1 atom stereocenters. The number of carbonyl (C=O) groups excluding carboxylic acids is 1. The second-order valence-corrected chi connectivity index (χ2v) is 11.4. The molecule has 12 heteroatoms. The van der Waals surface area contributed by atoms with Gasteiger partial charge in [-0.15, -0.1) is 0 Å². The number of amides is 1. The summed E-state index contributed by atoms with van der Waals surface area (Å²) >= 11 is 0. The third kappa shape index (κ3) is 9.73. The number of alkyl halides is 3. The van der Waals surface area contributed by atoms with Gasteiger partial charge in [-0.3, -0.25) is 4.79 Å².